The lowest BCUT2D eigenvalue weighted by molar-refractivity contribution is 0.203. The van der Waals surface area contributed by atoms with Crippen molar-refractivity contribution in [1.29, 1.82) is 0 Å². The predicted octanol–water partition coefficient (Wildman–Crippen LogP) is 1.27. The first kappa shape index (κ1) is 12.3. The number of aliphatic hydroxyl groups excluding tert-OH is 1. The van der Waals surface area contributed by atoms with Crippen LogP contribution in [0.25, 0.3) is 0 Å². The average molecular weight is 232 g/mol. The third kappa shape index (κ3) is 3.16. The van der Waals surface area contributed by atoms with Crippen LogP contribution in [-0.2, 0) is 19.6 Å². The first-order valence-corrected chi connectivity index (χ1v) is 6.09. The van der Waals surface area contributed by atoms with Gasteiger partial charge in [-0.1, -0.05) is 24.3 Å². The van der Waals surface area contributed by atoms with Crippen molar-refractivity contribution in [2.45, 2.75) is 19.6 Å². The monoisotopic (exact) mass is 232 g/mol. The maximum atomic E-state index is 9.01. The molecule has 1 aliphatic heterocycles. The van der Waals surface area contributed by atoms with Crippen molar-refractivity contribution < 1.29 is 5.11 Å². The molecule has 3 heteroatoms. The van der Waals surface area contributed by atoms with E-state index < -0.39 is 0 Å². The van der Waals surface area contributed by atoms with E-state index >= 15 is 0 Å². The molecule has 92 valence electrons. The predicted molar refractivity (Wildman–Crippen MR) is 69.5 cm³/mol. The Morgan fingerprint density at radius 3 is 2.94 bits per heavy atom. The highest BCUT2D eigenvalue weighted by atomic mass is 16.3. The molecule has 2 N–H and O–H groups in total. The Kier molecular flexibility index (Phi) is 4.31. The molecule has 0 saturated heterocycles. The Bertz CT molecular complexity index is 390. The fraction of sp³-hybridized carbons (Fsp3) is 0.429. The number of benzene rings is 1. The average Bonchev–Trinajstić information content (AvgIpc) is 2.77. The summed E-state index contributed by atoms with van der Waals surface area (Å²) in [4.78, 5) is 2.19. The van der Waals surface area contributed by atoms with Gasteiger partial charge in [-0.15, -0.1) is 6.58 Å². The molecule has 0 amide bonds. The van der Waals surface area contributed by atoms with Crippen molar-refractivity contribution >= 4 is 0 Å². The molecule has 0 fully saturated rings. The van der Waals surface area contributed by atoms with Gasteiger partial charge in [-0.3, -0.25) is 4.90 Å². The molecule has 1 aliphatic rings. The van der Waals surface area contributed by atoms with Crippen LogP contribution in [0.3, 0.4) is 0 Å². The molecular formula is C14H20N2O. The topological polar surface area (TPSA) is 35.5 Å². The van der Waals surface area contributed by atoms with Crippen molar-refractivity contribution in [2.24, 2.45) is 0 Å². The third-order valence-electron chi connectivity index (χ3n) is 3.11. The van der Waals surface area contributed by atoms with Crippen LogP contribution in [0, 0.1) is 0 Å². The zero-order valence-corrected chi connectivity index (χ0v) is 10.2. The quantitative estimate of drug-likeness (QED) is 0.725. The molecule has 1 aromatic rings. The fourth-order valence-corrected chi connectivity index (χ4v) is 2.26. The van der Waals surface area contributed by atoms with Gasteiger partial charge in [0.25, 0.3) is 0 Å². The number of rotatable bonds is 6. The number of nitrogens with zero attached hydrogens (tertiary/aromatic N) is 1. The Labute approximate surface area is 103 Å². The van der Waals surface area contributed by atoms with Gasteiger partial charge < -0.3 is 10.4 Å². The maximum Gasteiger partial charge on any atom is 0.0558 e. The molecule has 0 aromatic heterocycles. The molecule has 0 atom stereocenters. The van der Waals surface area contributed by atoms with Crippen LogP contribution in [0.15, 0.2) is 30.9 Å². The maximum absolute atomic E-state index is 9.01. The lowest BCUT2D eigenvalue weighted by Crippen LogP contribution is -2.26. The van der Waals surface area contributed by atoms with E-state index in [1.54, 1.807) is 0 Å². The summed E-state index contributed by atoms with van der Waals surface area (Å²) in [5, 5.41) is 12.4. The first-order chi connectivity index (χ1) is 8.33. The van der Waals surface area contributed by atoms with Gasteiger partial charge >= 0.3 is 0 Å². The normalized spacial score (nSPS) is 14.0. The van der Waals surface area contributed by atoms with E-state index in [1.807, 2.05) is 6.08 Å². The SMILES string of the molecule is C=CCN(CCO)Cc1ccc2c(c1)CNC2. The van der Waals surface area contributed by atoms with Crippen LogP contribution in [0.1, 0.15) is 16.7 Å². The summed E-state index contributed by atoms with van der Waals surface area (Å²) < 4.78 is 0. The van der Waals surface area contributed by atoms with E-state index in [-0.39, 0.29) is 6.61 Å². The van der Waals surface area contributed by atoms with Crippen LogP contribution in [0.4, 0.5) is 0 Å². The second-order valence-electron chi connectivity index (χ2n) is 4.45. The van der Waals surface area contributed by atoms with E-state index in [0.717, 1.165) is 26.2 Å². The summed E-state index contributed by atoms with van der Waals surface area (Å²) >= 11 is 0. The second kappa shape index (κ2) is 5.96. The minimum absolute atomic E-state index is 0.195. The molecule has 0 radical (unpaired) electrons. The van der Waals surface area contributed by atoms with Crippen LogP contribution >= 0.6 is 0 Å². The summed E-state index contributed by atoms with van der Waals surface area (Å²) in [6.45, 7) is 8.30. The van der Waals surface area contributed by atoms with Crippen LogP contribution < -0.4 is 5.32 Å². The molecular weight excluding hydrogens is 212 g/mol. The van der Waals surface area contributed by atoms with Crippen molar-refractivity contribution in [1.82, 2.24) is 10.2 Å². The number of aliphatic hydroxyl groups is 1. The van der Waals surface area contributed by atoms with Gasteiger partial charge in [0.05, 0.1) is 6.61 Å². The van der Waals surface area contributed by atoms with Crippen molar-refractivity contribution in [3.05, 3.63) is 47.5 Å². The van der Waals surface area contributed by atoms with Crippen LogP contribution in [0.2, 0.25) is 0 Å². The summed E-state index contributed by atoms with van der Waals surface area (Å²) in [7, 11) is 0. The highest BCUT2D eigenvalue weighted by Crippen LogP contribution is 2.18. The zero-order chi connectivity index (χ0) is 12.1. The molecule has 3 nitrogen and oxygen atoms in total. The largest absolute Gasteiger partial charge is 0.395 e. The van der Waals surface area contributed by atoms with Crippen molar-refractivity contribution in [3.8, 4) is 0 Å². The zero-order valence-electron chi connectivity index (χ0n) is 10.2. The van der Waals surface area contributed by atoms with E-state index in [2.05, 4.69) is 35.0 Å². The molecule has 0 unspecified atom stereocenters. The minimum atomic E-state index is 0.195. The minimum Gasteiger partial charge on any atom is -0.395 e. The van der Waals surface area contributed by atoms with Gasteiger partial charge in [-0.25, -0.2) is 0 Å². The van der Waals surface area contributed by atoms with Gasteiger partial charge in [0, 0.05) is 32.7 Å². The number of fused-ring (bicyclic) bond motifs is 1. The summed E-state index contributed by atoms with van der Waals surface area (Å²) in [6, 6.07) is 6.65. The highest BCUT2D eigenvalue weighted by molar-refractivity contribution is 5.34. The Balaban J connectivity index is 2.03. The Hall–Kier alpha value is -1.16. The molecule has 0 spiro atoms. The second-order valence-corrected chi connectivity index (χ2v) is 4.45. The Morgan fingerprint density at radius 2 is 2.18 bits per heavy atom. The van der Waals surface area contributed by atoms with E-state index in [0.29, 0.717) is 6.54 Å². The third-order valence-corrected chi connectivity index (χ3v) is 3.11. The molecule has 1 aromatic carbocycles. The van der Waals surface area contributed by atoms with Crippen LogP contribution in [-0.4, -0.2) is 29.7 Å². The Morgan fingerprint density at radius 1 is 1.35 bits per heavy atom. The molecule has 0 saturated carbocycles. The van der Waals surface area contributed by atoms with Gasteiger partial charge in [0.1, 0.15) is 0 Å². The number of hydrogen-bond acceptors (Lipinski definition) is 3. The summed E-state index contributed by atoms with van der Waals surface area (Å²) in [5.41, 5.74) is 4.12. The van der Waals surface area contributed by atoms with Gasteiger partial charge in [0.15, 0.2) is 0 Å². The molecule has 1 heterocycles. The first-order valence-electron chi connectivity index (χ1n) is 6.09. The standard InChI is InChI=1S/C14H20N2O/c1-2-5-16(6-7-17)11-12-3-4-13-9-15-10-14(13)8-12/h2-4,8,15,17H,1,5-7,9-11H2. The van der Waals surface area contributed by atoms with Gasteiger partial charge in [-0.05, 0) is 16.7 Å². The van der Waals surface area contributed by atoms with E-state index in [1.165, 1.54) is 16.7 Å². The molecule has 17 heavy (non-hydrogen) atoms. The van der Waals surface area contributed by atoms with Crippen LogP contribution in [0.5, 0.6) is 0 Å². The lowest BCUT2D eigenvalue weighted by atomic mass is 10.1. The highest BCUT2D eigenvalue weighted by Gasteiger charge is 2.11. The lowest BCUT2D eigenvalue weighted by Gasteiger charge is -2.19. The molecule has 0 aliphatic carbocycles. The molecule has 2 rings (SSSR count). The summed E-state index contributed by atoms with van der Waals surface area (Å²) in [5.74, 6) is 0. The van der Waals surface area contributed by atoms with Gasteiger partial charge in [0.2, 0.25) is 0 Å². The summed E-state index contributed by atoms with van der Waals surface area (Å²) in [6.07, 6.45) is 1.88. The van der Waals surface area contributed by atoms with E-state index in [4.69, 9.17) is 5.11 Å². The number of nitrogens with one attached hydrogen (secondary N) is 1. The van der Waals surface area contributed by atoms with E-state index in [9.17, 15) is 0 Å². The number of hydrogen-bond donors (Lipinski definition) is 2. The van der Waals surface area contributed by atoms with Crippen molar-refractivity contribution in [2.75, 3.05) is 19.7 Å². The smallest absolute Gasteiger partial charge is 0.0558 e. The fourth-order valence-electron chi connectivity index (χ4n) is 2.26. The van der Waals surface area contributed by atoms with Gasteiger partial charge in [-0.2, -0.15) is 0 Å². The molecule has 0 bridgehead atoms. The van der Waals surface area contributed by atoms with Crippen molar-refractivity contribution in [3.63, 3.8) is 0 Å².